The smallest absolute Gasteiger partial charge is 0.257 e. The van der Waals surface area contributed by atoms with E-state index in [1.54, 1.807) is 6.20 Å². The first-order valence-corrected chi connectivity index (χ1v) is 14.3. The second-order valence-electron chi connectivity index (χ2n) is 11.6. The van der Waals surface area contributed by atoms with Crippen LogP contribution in [-0.4, -0.2) is 33.4 Å². The van der Waals surface area contributed by atoms with Crippen LogP contribution < -0.4 is 5.32 Å². The van der Waals surface area contributed by atoms with Crippen LogP contribution in [0.1, 0.15) is 91.0 Å². The summed E-state index contributed by atoms with van der Waals surface area (Å²) in [5, 5.41) is 3.59. The number of rotatable bonds is 5. The number of nitrogens with one attached hydrogen (secondary N) is 1. The van der Waals surface area contributed by atoms with E-state index in [0.29, 0.717) is 30.6 Å². The van der Waals surface area contributed by atoms with E-state index in [2.05, 4.69) is 30.4 Å². The molecule has 6 rings (SSSR count). The van der Waals surface area contributed by atoms with Crippen molar-refractivity contribution < 1.29 is 9.18 Å². The van der Waals surface area contributed by atoms with Gasteiger partial charge in [0.25, 0.3) is 5.91 Å². The summed E-state index contributed by atoms with van der Waals surface area (Å²) < 4.78 is 13.9. The predicted molar refractivity (Wildman–Crippen MR) is 148 cm³/mol. The van der Waals surface area contributed by atoms with Crippen LogP contribution in [0, 0.1) is 11.7 Å². The molecule has 0 saturated heterocycles. The molecular formula is C32H37FN4O. The number of hydrogen-bond acceptors (Lipinski definition) is 4. The zero-order chi connectivity index (χ0) is 26.1. The van der Waals surface area contributed by atoms with E-state index in [4.69, 9.17) is 9.97 Å². The zero-order valence-electron chi connectivity index (χ0n) is 22.3. The van der Waals surface area contributed by atoms with Crippen LogP contribution >= 0.6 is 0 Å². The van der Waals surface area contributed by atoms with E-state index in [-0.39, 0.29) is 11.7 Å². The number of carbonyl (C=O) groups excluding carboxylic acids is 1. The largest absolute Gasteiger partial charge is 0.351 e. The van der Waals surface area contributed by atoms with E-state index in [1.807, 2.05) is 23.1 Å². The van der Waals surface area contributed by atoms with Gasteiger partial charge in [-0.3, -0.25) is 4.79 Å². The number of carbonyl (C=O) groups is 1. The van der Waals surface area contributed by atoms with Crippen molar-refractivity contribution in [2.75, 3.05) is 11.9 Å². The van der Waals surface area contributed by atoms with Gasteiger partial charge < -0.3 is 10.2 Å². The van der Waals surface area contributed by atoms with Gasteiger partial charge in [-0.15, -0.1) is 0 Å². The van der Waals surface area contributed by atoms with Gasteiger partial charge in [-0.2, -0.15) is 0 Å². The number of aromatic nitrogens is 2. The Morgan fingerprint density at radius 2 is 1.71 bits per heavy atom. The molecule has 38 heavy (non-hydrogen) atoms. The predicted octanol–water partition coefficient (Wildman–Crippen LogP) is 6.66. The highest BCUT2D eigenvalue weighted by atomic mass is 19.1. The highest BCUT2D eigenvalue weighted by Gasteiger charge is 2.42. The van der Waals surface area contributed by atoms with Crippen molar-refractivity contribution in [2.24, 2.45) is 5.92 Å². The van der Waals surface area contributed by atoms with Crippen LogP contribution in [0.2, 0.25) is 0 Å². The van der Waals surface area contributed by atoms with Gasteiger partial charge >= 0.3 is 0 Å². The van der Waals surface area contributed by atoms with Crippen molar-refractivity contribution in [3.05, 3.63) is 88.5 Å². The molecule has 5 nitrogen and oxygen atoms in total. The number of amides is 1. The van der Waals surface area contributed by atoms with Gasteiger partial charge in [0.05, 0.1) is 11.3 Å². The van der Waals surface area contributed by atoms with Crippen LogP contribution in [0.25, 0.3) is 0 Å². The molecular weight excluding hydrogens is 475 g/mol. The Labute approximate surface area is 224 Å². The summed E-state index contributed by atoms with van der Waals surface area (Å²) in [6.45, 7) is 3.59. The Bertz CT molecular complexity index is 1290. The maximum Gasteiger partial charge on any atom is 0.257 e. The molecule has 2 saturated carbocycles. The normalized spacial score (nSPS) is 22.6. The standard InChI is InChI=1S/C32H37FN4O/c1-22-8-14-27(15-9-22)35-31-34-20-28(30(38)37-19-16-23-6-2-3-7-24(23)21-37)29(36-31)32(17-4-5-18-32)25-10-12-26(33)13-11-25/h2-3,6-7,10-13,20,22,27H,4-5,8-9,14-19,21H2,1H3,(H,34,35,36). The molecule has 0 unspecified atom stereocenters. The Balaban J connectivity index is 1.39. The summed E-state index contributed by atoms with van der Waals surface area (Å²) in [5.74, 6) is 1.11. The SMILES string of the molecule is CC1CCC(Nc2ncc(C(=O)N3CCc4ccccc4C3)c(C3(c4ccc(F)cc4)CCCC3)n2)CC1. The van der Waals surface area contributed by atoms with Crippen molar-refractivity contribution in [2.45, 2.75) is 82.7 Å². The minimum absolute atomic E-state index is 0.0130. The fourth-order valence-corrected chi connectivity index (χ4v) is 6.81. The average Bonchev–Trinajstić information content (AvgIpc) is 3.45. The van der Waals surface area contributed by atoms with Gasteiger partial charge in [-0.05, 0) is 79.7 Å². The monoisotopic (exact) mass is 512 g/mol. The average molecular weight is 513 g/mol. The molecule has 1 aliphatic heterocycles. The summed E-state index contributed by atoms with van der Waals surface area (Å²) in [4.78, 5) is 25.9. The van der Waals surface area contributed by atoms with E-state index >= 15 is 0 Å². The summed E-state index contributed by atoms with van der Waals surface area (Å²) in [7, 11) is 0. The van der Waals surface area contributed by atoms with Crippen LogP contribution in [-0.2, 0) is 18.4 Å². The maximum absolute atomic E-state index is 14.1. The second-order valence-corrected chi connectivity index (χ2v) is 11.6. The van der Waals surface area contributed by atoms with Crippen molar-refractivity contribution in [3.8, 4) is 0 Å². The van der Waals surface area contributed by atoms with E-state index in [9.17, 15) is 9.18 Å². The highest BCUT2D eigenvalue weighted by Crippen LogP contribution is 2.47. The van der Waals surface area contributed by atoms with E-state index in [1.165, 1.54) is 36.1 Å². The van der Waals surface area contributed by atoms with Gasteiger partial charge in [-0.25, -0.2) is 14.4 Å². The molecule has 6 heteroatoms. The number of anilines is 1. The maximum atomic E-state index is 14.1. The van der Waals surface area contributed by atoms with Gasteiger partial charge in [-0.1, -0.05) is 56.2 Å². The highest BCUT2D eigenvalue weighted by molar-refractivity contribution is 5.96. The molecule has 0 radical (unpaired) electrons. The molecule has 0 bridgehead atoms. The third-order valence-electron chi connectivity index (χ3n) is 9.09. The summed E-state index contributed by atoms with van der Waals surface area (Å²) in [5.41, 5.74) is 4.50. The van der Waals surface area contributed by atoms with E-state index in [0.717, 1.165) is 62.1 Å². The second kappa shape index (κ2) is 10.5. The third-order valence-corrected chi connectivity index (χ3v) is 9.09. The Kier molecular flexibility index (Phi) is 6.89. The van der Waals surface area contributed by atoms with E-state index < -0.39 is 5.41 Å². The van der Waals surface area contributed by atoms with Crippen LogP contribution in [0.5, 0.6) is 0 Å². The molecule has 2 fully saturated rings. The number of halogens is 1. The van der Waals surface area contributed by atoms with Gasteiger partial charge in [0.2, 0.25) is 5.95 Å². The molecule has 2 aliphatic carbocycles. The van der Waals surface area contributed by atoms with Crippen LogP contribution in [0.3, 0.4) is 0 Å². The molecule has 0 atom stereocenters. The quantitative estimate of drug-likeness (QED) is 0.415. The van der Waals surface area contributed by atoms with Crippen LogP contribution in [0.4, 0.5) is 10.3 Å². The molecule has 1 N–H and O–H groups in total. The van der Waals surface area contributed by atoms with Crippen molar-refractivity contribution >= 4 is 11.9 Å². The van der Waals surface area contributed by atoms with Crippen molar-refractivity contribution in [1.29, 1.82) is 0 Å². The Hall–Kier alpha value is -3.28. The number of benzene rings is 2. The van der Waals surface area contributed by atoms with Crippen molar-refractivity contribution in [3.63, 3.8) is 0 Å². The summed E-state index contributed by atoms with van der Waals surface area (Å²) in [6, 6.07) is 15.5. The lowest BCUT2D eigenvalue weighted by Crippen LogP contribution is -2.38. The molecule has 198 valence electrons. The Morgan fingerprint density at radius 1 is 1.00 bits per heavy atom. The summed E-state index contributed by atoms with van der Waals surface area (Å²) >= 11 is 0. The fourth-order valence-electron chi connectivity index (χ4n) is 6.81. The minimum Gasteiger partial charge on any atom is -0.351 e. The first-order valence-electron chi connectivity index (χ1n) is 14.3. The minimum atomic E-state index is -0.424. The number of fused-ring (bicyclic) bond motifs is 1. The van der Waals surface area contributed by atoms with Gasteiger partial charge in [0.1, 0.15) is 5.82 Å². The molecule has 1 aromatic heterocycles. The van der Waals surface area contributed by atoms with Crippen LogP contribution in [0.15, 0.2) is 54.7 Å². The van der Waals surface area contributed by atoms with Gasteiger partial charge in [0, 0.05) is 30.7 Å². The lowest BCUT2D eigenvalue weighted by Gasteiger charge is -2.34. The fraction of sp³-hybridized carbons (Fsp3) is 0.469. The zero-order valence-corrected chi connectivity index (χ0v) is 22.3. The molecule has 2 heterocycles. The number of hydrogen-bond donors (Lipinski definition) is 1. The molecule has 2 aromatic carbocycles. The number of nitrogens with zero attached hydrogens (tertiary/aromatic N) is 3. The molecule has 3 aliphatic rings. The topological polar surface area (TPSA) is 58.1 Å². The first-order chi connectivity index (χ1) is 18.5. The third kappa shape index (κ3) is 4.81. The molecule has 0 spiro atoms. The van der Waals surface area contributed by atoms with Crippen molar-refractivity contribution in [1.82, 2.24) is 14.9 Å². The lowest BCUT2D eigenvalue weighted by molar-refractivity contribution is 0.0731. The van der Waals surface area contributed by atoms with Gasteiger partial charge in [0.15, 0.2) is 0 Å². The lowest BCUT2D eigenvalue weighted by atomic mass is 9.74. The first kappa shape index (κ1) is 25.0. The Morgan fingerprint density at radius 3 is 2.45 bits per heavy atom. The molecule has 1 amide bonds. The molecule has 3 aromatic rings. The summed E-state index contributed by atoms with van der Waals surface area (Å²) in [6.07, 6.45) is 11.1.